The number of hydrogen-bond acceptors (Lipinski definition) is 3. The van der Waals surface area contributed by atoms with Crippen LogP contribution in [-0.4, -0.2) is 41.3 Å². The summed E-state index contributed by atoms with van der Waals surface area (Å²) >= 11 is 0. The van der Waals surface area contributed by atoms with E-state index in [2.05, 4.69) is 10.3 Å². The van der Waals surface area contributed by atoms with E-state index in [0.29, 0.717) is 13.1 Å². The summed E-state index contributed by atoms with van der Waals surface area (Å²) in [7, 11) is 0. The SMILES string of the molecule is CCN(CC)C(=O)CNC(=O)c1ccc(F)nc1. The Bertz CT molecular complexity index is 416. The van der Waals surface area contributed by atoms with Gasteiger partial charge in [-0.1, -0.05) is 0 Å². The van der Waals surface area contributed by atoms with Crippen molar-refractivity contribution < 1.29 is 14.0 Å². The summed E-state index contributed by atoms with van der Waals surface area (Å²) in [5.41, 5.74) is 0.226. The average Bonchev–Trinajstić information content (AvgIpc) is 2.38. The Hall–Kier alpha value is -1.98. The average molecular weight is 253 g/mol. The fraction of sp³-hybridized carbons (Fsp3) is 0.417. The summed E-state index contributed by atoms with van der Waals surface area (Å²) in [4.78, 5) is 28.2. The van der Waals surface area contributed by atoms with Crippen LogP contribution in [-0.2, 0) is 4.79 Å². The van der Waals surface area contributed by atoms with E-state index < -0.39 is 11.9 Å². The predicted octanol–water partition coefficient (Wildman–Crippen LogP) is 0.819. The van der Waals surface area contributed by atoms with Crippen molar-refractivity contribution in [3.05, 3.63) is 29.8 Å². The molecule has 18 heavy (non-hydrogen) atoms. The zero-order chi connectivity index (χ0) is 13.5. The van der Waals surface area contributed by atoms with Crippen LogP contribution >= 0.6 is 0 Å². The Labute approximate surface area is 105 Å². The quantitative estimate of drug-likeness (QED) is 0.790. The first-order valence-corrected chi connectivity index (χ1v) is 5.76. The zero-order valence-corrected chi connectivity index (χ0v) is 10.4. The number of pyridine rings is 1. The lowest BCUT2D eigenvalue weighted by Crippen LogP contribution is -2.40. The maximum absolute atomic E-state index is 12.6. The van der Waals surface area contributed by atoms with Gasteiger partial charge < -0.3 is 10.2 Å². The van der Waals surface area contributed by atoms with Gasteiger partial charge in [-0.3, -0.25) is 9.59 Å². The third kappa shape index (κ3) is 3.80. The summed E-state index contributed by atoms with van der Waals surface area (Å²) in [6, 6.07) is 2.42. The molecular formula is C12H16FN3O2. The molecule has 6 heteroatoms. The van der Waals surface area contributed by atoms with Gasteiger partial charge in [0.25, 0.3) is 5.91 Å². The fourth-order valence-corrected chi connectivity index (χ4v) is 1.46. The smallest absolute Gasteiger partial charge is 0.253 e. The maximum atomic E-state index is 12.6. The van der Waals surface area contributed by atoms with Gasteiger partial charge in [0.1, 0.15) is 0 Å². The third-order valence-electron chi connectivity index (χ3n) is 2.51. The predicted molar refractivity (Wildman–Crippen MR) is 64.5 cm³/mol. The molecule has 0 saturated carbocycles. The molecule has 0 aromatic carbocycles. The highest BCUT2D eigenvalue weighted by atomic mass is 19.1. The first-order chi connectivity index (χ1) is 8.58. The summed E-state index contributed by atoms with van der Waals surface area (Å²) in [6.45, 7) is 4.87. The van der Waals surface area contributed by atoms with Crippen molar-refractivity contribution in [1.29, 1.82) is 0 Å². The van der Waals surface area contributed by atoms with Gasteiger partial charge in [-0.05, 0) is 26.0 Å². The van der Waals surface area contributed by atoms with Crippen molar-refractivity contribution in [1.82, 2.24) is 15.2 Å². The lowest BCUT2D eigenvalue weighted by atomic mass is 10.2. The number of carbonyl (C=O) groups is 2. The van der Waals surface area contributed by atoms with Crippen LogP contribution in [0.5, 0.6) is 0 Å². The molecule has 0 bridgehead atoms. The van der Waals surface area contributed by atoms with Crippen LogP contribution in [0.3, 0.4) is 0 Å². The minimum absolute atomic E-state index is 0.0715. The second kappa shape index (κ2) is 6.68. The van der Waals surface area contributed by atoms with Gasteiger partial charge in [0.2, 0.25) is 11.9 Å². The van der Waals surface area contributed by atoms with Gasteiger partial charge >= 0.3 is 0 Å². The van der Waals surface area contributed by atoms with Crippen molar-refractivity contribution in [3.63, 3.8) is 0 Å². The first kappa shape index (κ1) is 14.1. The molecule has 0 saturated heterocycles. The van der Waals surface area contributed by atoms with E-state index in [1.165, 1.54) is 6.07 Å². The number of carbonyl (C=O) groups excluding carboxylic acids is 2. The minimum atomic E-state index is -0.647. The standard InChI is InChI=1S/C12H16FN3O2/c1-3-16(4-2)11(17)8-15-12(18)9-5-6-10(13)14-7-9/h5-7H,3-4,8H2,1-2H3,(H,15,18). The van der Waals surface area contributed by atoms with Crippen molar-refractivity contribution >= 4 is 11.8 Å². The van der Waals surface area contributed by atoms with Gasteiger partial charge in [-0.25, -0.2) is 4.98 Å². The van der Waals surface area contributed by atoms with E-state index in [1.807, 2.05) is 13.8 Å². The number of rotatable bonds is 5. The van der Waals surface area contributed by atoms with Crippen LogP contribution in [0.1, 0.15) is 24.2 Å². The van der Waals surface area contributed by atoms with Crippen LogP contribution in [0.25, 0.3) is 0 Å². The molecule has 0 aliphatic rings. The molecule has 98 valence electrons. The third-order valence-corrected chi connectivity index (χ3v) is 2.51. The number of nitrogens with one attached hydrogen (secondary N) is 1. The van der Waals surface area contributed by atoms with E-state index in [0.717, 1.165) is 12.3 Å². The molecule has 0 radical (unpaired) electrons. The molecule has 5 nitrogen and oxygen atoms in total. The summed E-state index contributed by atoms with van der Waals surface area (Å²) in [5, 5.41) is 2.47. The van der Waals surface area contributed by atoms with Crippen molar-refractivity contribution in [2.24, 2.45) is 0 Å². The number of amides is 2. The summed E-state index contributed by atoms with van der Waals surface area (Å²) in [6.07, 6.45) is 1.13. The number of nitrogens with zero attached hydrogens (tertiary/aromatic N) is 2. The first-order valence-electron chi connectivity index (χ1n) is 5.76. The fourth-order valence-electron chi connectivity index (χ4n) is 1.46. The molecule has 0 spiro atoms. The van der Waals surface area contributed by atoms with Crippen LogP contribution in [0.4, 0.5) is 4.39 Å². The van der Waals surface area contributed by atoms with Gasteiger partial charge in [0, 0.05) is 19.3 Å². The Morgan fingerprint density at radius 2 is 2.00 bits per heavy atom. The molecule has 2 amide bonds. The number of aromatic nitrogens is 1. The second-order valence-corrected chi connectivity index (χ2v) is 3.62. The largest absolute Gasteiger partial charge is 0.343 e. The minimum Gasteiger partial charge on any atom is -0.343 e. The molecule has 0 aliphatic heterocycles. The molecule has 1 N–H and O–H groups in total. The molecule has 0 aliphatic carbocycles. The van der Waals surface area contributed by atoms with E-state index in [-0.39, 0.29) is 18.0 Å². The van der Waals surface area contributed by atoms with E-state index in [9.17, 15) is 14.0 Å². The Morgan fingerprint density at radius 3 is 2.50 bits per heavy atom. The lowest BCUT2D eigenvalue weighted by Gasteiger charge is -2.18. The van der Waals surface area contributed by atoms with Gasteiger partial charge in [-0.15, -0.1) is 0 Å². The Kier molecular flexibility index (Phi) is 5.23. The molecule has 1 aromatic rings. The molecule has 1 heterocycles. The molecule has 0 atom stereocenters. The Morgan fingerprint density at radius 1 is 1.33 bits per heavy atom. The maximum Gasteiger partial charge on any atom is 0.253 e. The number of halogens is 1. The van der Waals surface area contributed by atoms with E-state index in [1.54, 1.807) is 4.90 Å². The second-order valence-electron chi connectivity index (χ2n) is 3.62. The van der Waals surface area contributed by atoms with Crippen LogP contribution in [0.15, 0.2) is 18.3 Å². The van der Waals surface area contributed by atoms with Gasteiger partial charge in [0.05, 0.1) is 12.1 Å². The Balaban J connectivity index is 2.51. The highest BCUT2D eigenvalue weighted by Gasteiger charge is 2.12. The number of hydrogen-bond donors (Lipinski definition) is 1. The van der Waals surface area contributed by atoms with Crippen molar-refractivity contribution in [2.45, 2.75) is 13.8 Å². The molecule has 0 unspecified atom stereocenters. The van der Waals surface area contributed by atoms with Crippen LogP contribution in [0, 0.1) is 5.95 Å². The summed E-state index contributed by atoms with van der Waals surface area (Å²) in [5.74, 6) is -1.24. The van der Waals surface area contributed by atoms with Crippen LogP contribution < -0.4 is 5.32 Å². The topological polar surface area (TPSA) is 62.3 Å². The van der Waals surface area contributed by atoms with Crippen molar-refractivity contribution in [2.75, 3.05) is 19.6 Å². The molecule has 1 rings (SSSR count). The summed E-state index contributed by atoms with van der Waals surface area (Å²) < 4.78 is 12.6. The zero-order valence-electron chi connectivity index (χ0n) is 10.4. The molecule has 0 fully saturated rings. The van der Waals surface area contributed by atoms with Gasteiger partial charge in [-0.2, -0.15) is 4.39 Å². The van der Waals surface area contributed by atoms with Gasteiger partial charge in [0.15, 0.2) is 0 Å². The number of likely N-dealkylation sites (N-methyl/N-ethyl adjacent to an activating group) is 1. The molecule has 1 aromatic heterocycles. The van der Waals surface area contributed by atoms with Crippen molar-refractivity contribution in [3.8, 4) is 0 Å². The molecular weight excluding hydrogens is 237 g/mol. The highest BCUT2D eigenvalue weighted by Crippen LogP contribution is 1.98. The lowest BCUT2D eigenvalue weighted by molar-refractivity contribution is -0.129. The normalized spacial score (nSPS) is 9.94. The van der Waals surface area contributed by atoms with Crippen LogP contribution in [0.2, 0.25) is 0 Å². The monoisotopic (exact) mass is 253 g/mol. The van der Waals surface area contributed by atoms with E-state index in [4.69, 9.17) is 0 Å². The van der Waals surface area contributed by atoms with E-state index >= 15 is 0 Å². The highest BCUT2D eigenvalue weighted by molar-refractivity contribution is 5.96.